The molecule has 2 rings (SSSR count). The summed E-state index contributed by atoms with van der Waals surface area (Å²) in [6.07, 6.45) is 5.14. The monoisotopic (exact) mass is 235 g/mol. The average Bonchev–Trinajstić information content (AvgIpc) is 3.00. The summed E-state index contributed by atoms with van der Waals surface area (Å²) < 4.78 is 0. The molecule has 1 aliphatic carbocycles. The molecule has 0 saturated heterocycles. The van der Waals surface area contributed by atoms with E-state index >= 15 is 0 Å². The molecule has 96 valence electrons. The molecule has 5 atom stereocenters. The minimum Gasteiger partial charge on any atom is -0.293 e. The molecule has 1 heterocycles. The van der Waals surface area contributed by atoms with Crippen LogP contribution >= 0.6 is 0 Å². The minimum absolute atomic E-state index is 0.279. The summed E-state index contributed by atoms with van der Waals surface area (Å²) in [5.41, 5.74) is 0. The third-order valence-electron chi connectivity index (χ3n) is 4.57. The molecule has 1 saturated carbocycles. The van der Waals surface area contributed by atoms with Crippen LogP contribution in [0, 0.1) is 29.6 Å². The average molecular weight is 235 g/mol. The SMILES string of the molecule is CC(C)CC(C)C(C)C1CC2CC2C(=O)C=N1. The highest BCUT2D eigenvalue weighted by Gasteiger charge is 2.45. The third-order valence-corrected chi connectivity index (χ3v) is 4.57. The summed E-state index contributed by atoms with van der Waals surface area (Å²) in [7, 11) is 0. The zero-order valence-electron chi connectivity index (χ0n) is 11.5. The zero-order valence-corrected chi connectivity index (χ0v) is 11.5. The van der Waals surface area contributed by atoms with Gasteiger partial charge in [0, 0.05) is 5.92 Å². The minimum atomic E-state index is 0.279. The van der Waals surface area contributed by atoms with Crippen molar-refractivity contribution in [1.29, 1.82) is 0 Å². The highest BCUT2D eigenvalue weighted by Crippen LogP contribution is 2.45. The van der Waals surface area contributed by atoms with Gasteiger partial charge in [-0.15, -0.1) is 0 Å². The molecule has 2 aliphatic rings. The first-order valence-electron chi connectivity index (χ1n) is 7.06. The van der Waals surface area contributed by atoms with Crippen molar-refractivity contribution >= 4 is 12.0 Å². The van der Waals surface area contributed by atoms with E-state index in [1.54, 1.807) is 6.21 Å². The molecule has 0 aromatic carbocycles. The van der Waals surface area contributed by atoms with Gasteiger partial charge < -0.3 is 0 Å². The topological polar surface area (TPSA) is 29.4 Å². The number of ketones is 1. The van der Waals surface area contributed by atoms with Crippen LogP contribution in [0.3, 0.4) is 0 Å². The van der Waals surface area contributed by atoms with Crippen LogP contribution < -0.4 is 0 Å². The lowest BCUT2D eigenvalue weighted by Gasteiger charge is -2.27. The maximum atomic E-state index is 11.6. The molecule has 0 radical (unpaired) electrons. The van der Waals surface area contributed by atoms with Crippen molar-refractivity contribution in [3.63, 3.8) is 0 Å². The van der Waals surface area contributed by atoms with Gasteiger partial charge >= 0.3 is 0 Å². The van der Waals surface area contributed by atoms with Gasteiger partial charge in [-0.2, -0.15) is 0 Å². The van der Waals surface area contributed by atoms with Crippen LogP contribution in [0.4, 0.5) is 0 Å². The molecule has 0 spiro atoms. The molecule has 1 aliphatic heterocycles. The lowest BCUT2D eigenvalue weighted by Crippen LogP contribution is -2.24. The van der Waals surface area contributed by atoms with Crippen molar-refractivity contribution in [1.82, 2.24) is 0 Å². The number of carbonyl (C=O) groups excluding carboxylic acids is 1. The van der Waals surface area contributed by atoms with Crippen LogP contribution in [0.15, 0.2) is 4.99 Å². The Hall–Kier alpha value is -0.660. The molecule has 0 bridgehead atoms. The second-order valence-electron chi connectivity index (χ2n) is 6.55. The fraction of sp³-hybridized carbons (Fsp3) is 0.867. The van der Waals surface area contributed by atoms with Crippen LogP contribution in [0.1, 0.15) is 47.0 Å². The Balaban J connectivity index is 1.96. The van der Waals surface area contributed by atoms with Gasteiger partial charge in [0.2, 0.25) is 0 Å². The number of rotatable bonds is 4. The van der Waals surface area contributed by atoms with E-state index in [2.05, 4.69) is 32.7 Å². The molecular weight excluding hydrogens is 210 g/mol. The third kappa shape index (κ3) is 2.97. The van der Waals surface area contributed by atoms with Crippen LogP contribution in [-0.2, 0) is 4.79 Å². The fourth-order valence-corrected chi connectivity index (χ4v) is 3.18. The van der Waals surface area contributed by atoms with E-state index in [1.807, 2.05) is 0 Å². The quantitative estimate of drug-likeness (QED) is 0.734. The Morgan fingerprint density at radius 1 is 1.29 bits per heavy atom. The Morgan fingerprint density at radius 2 is 2.00 bits per heavy atom. The summed E-state index contributed by atoms with van der Waals surface area (Å²) >= 11 is 0. The van der Waals surface area contributed by atoms with Gasteiger partial charge in [0.05, 0.1) is 12.3 Å². The van der Waals surface area contributed by atoms with E-state index in [0.717, 1.165) is 18.8 Å². The fourth-order valence-electron chi connectivity index (χ4n) is 3.18. The first kappa shape index (κ1) is 12.8. The van der Waals surface area contributed by atoms with Crippen LogP contribution in [-0.4, -0.2) is 18.0 Å². The Kier molecular flexibility index (Phi) is 3.70. The van der Waals surface area contributed by atoms with Crippen LogP contribution in [0.25, 0.3) is 0 Å². The van der Waals surface area contributed by atoms with E-state index in [0.29, 0.717) is 29.7 Å². The maximum Gasteiger partial charge on any atom is 0.176 e. The number of fused-ring (bicyclic) bond motifs is 1. The molecule has 5 unspecified atom stereocenters. The predicted molar refractivity (Wildman–Crippen MR) is 71.3 cm³/mol. The van der Waals surface area contributed by atoms with Gasteiger partial charge in [-0.3, -0.25) is 9.79 Å². The van der Waals surface area contributed by atoms with Gasteiger partial charge in [-0.25, -0.2) is 0 Å². The Labute approximate surface area is 105 Å². The van der Waals surface area contributed by atoms with Gasteiger partial charge in [0.15, 0.2) is 5.78 Å². The van der Waals surface area contributed by atoms with E-state index in [-0.39, 0.29) is 5.78 Å². The number of aliphatic imine (C=N–C) groups is 1. The standard InChI is InChI=1S/C15H25NO/c1-9(2)5-10(3)11(4)14-7-12-6-13(12)15(17)8-16-14/h8-14H,5-7H2,1-4H3. The summed E-state index contributed by atoms with van der Waals surface area (Å²) in [5.74, 6) is 3.29. The highest BCUT2D eigenvalue weighted by molar-refractivity contribution is 6.29. The van der Waals surface area contributed by atoms with Gasteiger partial charge in [-0.05, 0) is 42.9 Å². The summed E-state index contributed by atoms with van der Waals surface area (Å²) in [6.45, 7) is 9.19. The van der Waals surface area contributed by atoms with Crippen molar-refractivity contribution in [2.24, 2.45) is 34.6 Å². The molecule has 2 heteroatoms. The lowest BCUT2D eigenvalue weighted by molar-refractivity contribution is -0.113. The molecule has 2 nitrogen and oxygen atoms in total. The normalized spacial score (nSPS) is 35.4. The zero-order chi connectivity index (χ0) is 12.6. The summed E-state index contributed by atoms with van der Waals surface area (Å²) in [6, 6.07) is 0.380. The van der Waals surface area contributed by atoms with Crippen molar-refractivity contribution in [3.8, 4) is 0 Å². The Morgan fingerprint density at radius 3 is 2.65 bits per heavy atom. The largest absolute Gasteiger partial charge is 0.293 e. The van der Waals surface area contributed by atoms with E-state index in [4.69, 9.17) is 0 Å². The predicted octanol–water partition coefficient (Wildman–Crippen LogP) is 3.35. The Bertz CT molecular complexity index is 321. The molecule has 0 aromatic rings. The molecule has 0 aromatic heterocycles. The lowest BCUT2D eigenvalue weighted by atomic mass is 9.82. The van der Waals surface area contributed by atoms with Crippen LogP contribution in [0.5, 0.6) is 0 Å². The van der Waals surface area contributed by atoms with Crippen molar-refractivity contribution < 1.29 is 4.79 Å². The number of Topliss-reactive ketones (excluding diaryl/α,β-unsaturated/α-hetero) is 1. The number of nitrogens with zero attached hydrogens (tertiary/aromatic N) is 1. The number of hydrogen-bond donors (Lipinski definition) is 0. The van der Waals surface area contributed by atoms with Gasteiger partial charge in [-0.1, -0.05) is 27.7 Å². The van der Waals surface area contributed by atoms with Crippen molar-refractivity contribution in [2.45, 2.75) is 53.0 Å². The van der Waals surface area contributed by atoms with Crippen molar-refractivity contribution in [2.75, 3.05) is 0 Å². The van der Waals surface area contributed by atoms with Gasteiger partial charge in [0.25, 0.3) is 0 Å². The molecule has 17 heavy (non-hydrogen) atoms. The molecular formula is C15H25NO. The van der Waals surface area contributed by atoms with E-state index < -0.39 is 0 Å². The van der Waals surface area contributed by atoms with Crippen molar-refractivity contribution in [3.05, 3.63) is 0 Å². The second-order valence-corrected chi connectivity index (χ2v) is 6.55. The first-order valence-corrected chi connectivity index (χ1v) is 7.06. The molecule has 0 N–H and O–H groups in total. The second kappa shape index (κ2) is 4.91. The number of hydrogen-bond acceptors (Lipinski definition) is 2. The van der Waals surface area contributed by atoms with E-state index in [1.165, 1.54) is 6.42 Å². The smallest absolute Gasteiger partial charge is 0.176 e. The van der Waals surface area contributed by atoms with E-state index in [9.17, 15) is 4.79 Å². The number of carbonyl (C=O) groups is 1. The molecule has 1 fully saturated rings. The first-order chi connectivity index (χ1) is 7.99. The maximum absolute atomic E-state index is 11.6. The highest BCUT2D eigenvalue weighted by atomic mass is 16.1. The summed E-state index contributed by atoms with van der Waals surface area (Å²) in [4.78, 5) is 16.2. The van der Waals surface area contributed by atoms with Gasteiger partial charge in [0.1, 0.15) is 0 Å². The molecule has 0 amide bonds. The van der Waals surface area contributed by atoms with Crippen LogP contribution in [0.2, 0.25) is 0 Å². The summed E-state index contributed by atoms with van der Waals surface area (Å²) in [5, 5.41) is 0.